The van der Waals surface area contributed by atoms with Gasteiger partial charge in [0, 0.05) is 6.42 Å². The predicted molar refractivity (Wildman–Crippen MR) is 77.3 cm³/mol. The van der Waals surface area contributed by atoms with Crippen LogP contribution in [-0.4, -0.2) is 33.7 Å². The normalized spacial score (nSPS) is 12.2. The van der Waals surface area contributed by atoms with E-state index in [1.165, 1.54) is 12.4 Å². The highest BCUT2D eigenvalue weighted by Crippen LogP contribution is 2.29. The van der Waals surface area contributed by atoms with Crippen LogP contribution in [-0.2, 0) is 6.42 Å². The quantitative estimate of drug-likeness (QED) is 0.796. The Kier molecular flexibility index (Phi) is 3.57. The fraction of sp³-hybridized carbons (Fsp3) is 0.143. The van der Waals surface area contributed by atoms with Crippen molar-refractivity contribution in [1.29, 1.82) is 0 Å². The molecule has 3 N–H and O–H groups in total. The van der Waals surface area contributed by atoms with Crippen molar-refractivity contribution < 1.29 is 19.4 Å². The number of fused-ring (bicyclic) bond motifs is 1. The molecule has 8 nitrogen and oxygen atoms in total. The van der Waals surface area contributed by atoms with E-state index in [4.69, 9.17) is 9.84 Å². The van der Waals surface area contributed by atoms with E-state index in [2.05, 4.69) is 20.6 Å². The highest BCUT2D eigenvalue weighted by molar-refractivity contribution is 6.06. The van der Waals surface area contributed by atoms with Gasteiger partial charge in [-0.05, 0) is 11.6 Å². The van der Waals surface area contributed by atoms with Gasteiger partial charge in [-0.1, -0.05) is 12.1 Å². The average Bonchev–Trinajstić information content (AvgIpc) is 2.97. The third-order valence-corrected chi connectivity index (χ3v) is 3.09. The Labute approximate surface area is 125 Å². The summed E-state index contributed by atoms with van der Waals surface area (Å²) in [5.74, 6) is 0.537. The fourth-order valence-corrected chi connectivity index (χ4v) is 2.14. The minimum atomic E-state index is -1.23. The fourth-order valence-electron chi connectivity index (χ4n) is 2.14. The molecule has 0 bridgehead atoms. The van der Waals surface area contributed by atoms with Gasteiger partial charge in [0.25, 0.3) is 5.91 Å². The highest BCUT2D eigenvalue weighted by atomic mass is 16.5. The van der Waals surface area contributed by atoms with Crippen LogP contribution >= 0.6 is 0 Å². The maximum atomic E-state index is 12.3. The summed E-state index contributed by atoms with van der Waals surface area (Å²) < 4.78 is 5.48. The summed E-state index contributed by atoms with van der Waals surface area (Å²) in [5.41, 5.74) is 1.43. The largest absolute Gasteiger partial charge is 0.492 e. The summed E-state index contributed by atoms with van der Waals surface area (Å²) in [6.45, 7) is 0.564. The second-order valence-electron chi connectivity index (χ2n) is 4.56. The number of carboxylic acid groups (broad SMARTS) is 1. The molecular weight excluding hydrogens is 288 g/mol. The molecule has 0 saturated carbocycles. The van der Waals surface area contributed by atoms with Crippen molar-refractivity contribution in [1.82, 2.24) is 9.97 Å². The molecule has 0 saturated heterocycles. The number of benzene rings is 1. The number of aromatic nitrogens is 2. The van der Waals surface area contributed by atoms with E-state index in [0.717, 1.165) is 12.0 Å². The van der Waals surface area contributed by atoms with Gasteiger partial charge < -0.3 is 15.2 Å². The van der Waals surface area contributed by atoms with Crippen molar-refractivity contribution in [3.8, 4) is 5.75 Å². The van der Waals surface area contributed by atoms with Crippen molar-refractivity contribution >= 4 is 23.6 Å². The first-order valence-corrected chi connectivity index (χ1v) is 6.51. The Balaban J connectivity index is 1.75. The SMILES string of the molecule is O=C(O)Nc1cnc(NC(=O)c2cccc3c2OCC3)cn1. The second-order valence-corrected chi connectivity index (χ2v) is 4.56. The molecule has 2 aromatic rings. The molecule has 3 rings (SSSR count). The minimum Gasteiger partial charge on any atom is -0.492 e. The Hall–Kier alpha value is -3.16. The van der Waals surface area contributed by atoms with Crippen LogP contribution in [0.5, 0.6) is 5.75 Å². The number of nitrogens with zero attached hydrogens (tertiary/aromatic N) is 2. The third-order valence-electron chi connectivity index (χ3n) is 3.09. The summed E-state index contributed by atoms with van der Waals surface area (Å²) >= 11 is 0. The van der Waals surface area contributed by atoms with Gasteiger partial charge >= 0.3 is 6.09 Å². The molecule has 0 unspecified atom stereocenters. The number of hydrogen-bond donors (Lipinski definition) is 3. The van der Waals surface area contributed by atoms with E-state index in [0.29, 0.717) is 17.9 Å². The molecule has 8 heteroatoms. The van der Waals surface area contributed by atoms with Crippen molar-refractivity contribution in [2.45, 2.75) is 6.42 Å². The first-order valence-electron chi connectivity index (χ1n) is 6.51. The molecule has 22 heavy (non-hydrogen) atoms. The lowest BCUT2D eigenvalue weighted by molar-refractivity contribution is 0.102. The Morgan fingerprint density at radius 1 is 1.14 bits per heavy atom. The lowest BCUT2D eigenvalue weighted by Crippen LogP contribution is -2.15. The highest BCUT2D eigenvalue weighted by Gasteiger charge is 2.20. The molecule has 0 spiro atoms. The molecule has 2 amide bonds. The average molecular weight is 300 g/mol. The zero-order valence-electron chi connectivity index (χ0n) is 11.4. The Morgan fingerprint density at radius 3 is 2.55 bits per heavy atom. The Morgan fingerprint density at radius 2 is 1.86 bits per heavy atom. The number of anilines is 2. The predicted octanol–water partition coefficient (Wildman–Crippen LogP) is 1.75. The number of rotatable bonds is 3. The molecule has 1 aliphatic rings. The van der Waals surface area contributed by atoms with E-state index in [-0.39, 0.29) is 17.5 Å². The van der Waals surface area contributed by atoms with Gasteiger partial charge in [-0.25, -0.2) is 14.8 Å². The zero-order chi connectivity index (χ0) is 15.5. The van der Waals surface area contributed by atoms with Gasteiger partial charge in [-0.3, -0.25) is 10.1 Å². The van der Waals surface area contributed by atoms with Gasteiger partial charge in [-0.2, -0.15) is 0 Å². The number of carbonyl (C=O) groups is 2. The molecule has 0 radical (unpaired) electrons. The summed E-state index contributed by atoms with van der Waals surface area (Å²) in [5, 5.41) is 13.2. The van der Waals surface area contributed by atoms with Gasteiger partial charge in [0.1, 0.15) is 5.75 Å². The summed E-state index contributed by atoms with van der Waals surface area (Å²) in [7, 11) is 0. The molecule has 2 heterocycles. The first-order chi connectivity index (χ1) is 10.6. The molecule has 0 atom stereocenters. The summed E-state index contributed by atoms with van der Waals surface area (Å²) in [6.07, 6.45) is 2.04. The van der Waals surface area contributed by atoms with Crippen LogP contribution in [0.25, 0.3) is 0 Å². The summed E-state index contributed by atoms with van der Waals surface area (Å²) in [4.78, 5) is 30.5. The maximum Gasteiger partial charge on any atom is 0.410 e. The molecular formula is C14H12N4O4. The monoisotopic (exact) mass is 300 g/mol. The van der Waals surface area contributed by atoms with Gasteiger partial charge in [-0.15, -0.1) is 0 Å². The number of carbonyl (C=O) groups excluding carboxylic acids is 1. The minimum absolute atomic E-state index is 0.0782. The van der Waals surface area contributed by atoms with Crippen LogP contribution in [0.4, 0.5) is 16.4 Å². The van der Waals surface area contributed by atoms with E-state index in [1.807, 2.05) is 6.07 Å². The van der Waals surface area contributed by atoms with Crippen molar-refractivity contribution in [3.63, 3.8) is 0 Å². The standard InChI is InChI=1S/C14H12N4O4/c19-13(9-3-1-2-8-4-5-22-12(8)9)17-10-6-16-11(7-15-10)18-14(20)21/h1-3,6-7H,4-5H2,(H,16,18)(H,20,21)(H,15,17,19). The molecule has 112 valence electrons. The molecule has 0 fully saturated rings. The molecule has 1 aliphatic heterocycles. The lowest BCUT2D eigenvalue weighted by Gasteiger charge is -2.08. The number of hydrogen-bond acceptors (Lipinski definition) is 5. The second kappa shape index (κ2) is 5.68. The van der Waals surface area contributed by atoms with Crippen molar-refractivity contribution in [2.75, 3.05) is 17.2 Å². The molecule has 1 aromatic carbocycles. The third kappa shape index (κ3) is 2.80. The number of amides is 2. The van der Waals surface area contributed by atoms with Crippen molar-refractivity contribution in [3.05, 3.63) is 41.7 Å². The summed E-state index contributed by atoms with van der Waals surface area (Å²) in [6, 6.07) is 5.40. The maximum absolute atomic E-state index is 12.3. The van der Waals surface area contributed by atoms with Crippen molar-refractivity contribution in [2.24, 2.45) is 0 Å². The van der Waals surface area contributed by atoms with Crippen LogP contribution < -0.4 is 15.4 Å². The molecule has 1 aromatic heterocycles. The Bertz CT molecular complexity index is 730. The van der Waals surface area contributed by atoms with Crippen LogP contribution in [0.3, 0.4) is 0 Å². The van der Waals surface area contributed by atoms with Crippen LogP contribution in [0.1, 0.15) is 15.9 Å². The van der Waals surface area contributed by atoms with E-state index in [9.17, 15) is 9.59 Å². The van der Waals surface area contributed by atoms with Gasteiger partial charge in [0.05, 0.1) is 24.6 Å². The number of nitrogens with one attached hydrogen (secondary N) is 2. The lowest BCUT2D eigenvalue weighted by atomic mass is 10.1. The van der Waals surface area contributed by atoms with Crippen LogP contribution in [0.2, 0.25) is 0 Å². The van der Waals surface area contributed by atoms with E-state index >= 15 is 0 Å². The van der Waals surface area contributed by atoms with E-state index < -0.39 is 6.09 Å². The number of ether oxygens (including phenoxy) is 1. The van der Waals surface area contributed by atoms with Gasteiger partial charge in [0.15, 0.2) is 11.6 Å². The van der Waals surface area contributed by atoms with Crippen LogP contribution in [0, 0.1) is 0 Å². The smallest absolute Gasteiger partial charge is 0.410 e. The van der Waals surface area contributed by atoms with Crippen LogP contribution in [0.15, 0.2) is 30.6 Å². The first kappa shape index (κ1) is 13.8. The number of para-hydroxylation sites is 1. The topological polar surface area (TPSA) is 113 Å². The van der Waals surface area contributed by atoms with E-state index in [1.54, 1.807) is 12.1 Å². The zero-order valence-corrected chi connectivity index (χ0v) is 11.4. The molecule has 0 aliphatic carbocycles. The van der Waals surface area contributed by atoms with Gasteiger partial charge in [0.2, 0.25) is 0 Å².